The van der Waals surface area contributed by atoms with E-state index in [9.17, 15) is 0 Å². The van der Waals surface area contributed by atoms with Gasteiger partial charge in [-0.15, -0.1) is 22.4 Å². The van der Waals surface area contributed by atoms with Crippen LogP contribution in [0, 0.1) is 0 Å². The summed E-state index contributed by atoms with van der Waals surface area (Å²) in [6.07, 6.45) is 0. The Labute approximate surface area is 168 Å². The smallest absolute Gasteiger partial charge is 0.657 e. The van der Waals surface area contributed by atoms with Crippen molar-refractivity contribution in [2.24, 2.45) is 0 Å². The van der Waals surface area contributed by atoms with Crippen molar-refractivity contribution < 1.29 is 51.4 Å². The van der Waals surface area contributed by atoms with E-state index >= 15 is 0 Å². The van der Waals surface area contributed by atoms with Gasteiger partial charge in [0.2, 0.25) is 0 Å². The summed E-state index contributed by atoms with van der Waals surface area (Å²) in [5.41, 5.74) is 2.19. The molecule has 2 aromatic heterocycles. The van der Waals surface area contributed by atoms with Crippen LogP contribution >= 0.6 is 11.3 Å². The van der Waals surface area contributed by atoms with Crippen molar-refractivity contribution in [2.75, 3.05) is 0 Å². The topological polar surface area (TPSA) is 14.1 Å². The van der Waals surface area contributed by atoms with Gasteiger partial charge < -0.3 is 4.98 Å². The number of rotatable bonds is 0. The van der Waals surface area contributed by atoms with Gasteiger partial charge in [0.25, 0.3) is 0 Å². The van der Waals surface area contributed by atoms with E-state index in [0.29, 0.717) is 0 Å². The molecule has 0 radical (unpaired) electrons. The Bertz CT molecular complexity index is 1010. The second-order valence-electron chi connectivity index (χ2n) is 5.09. The SMILES string of the molecule is [K+].c1ccc2c(c1)[n-]c1cc3c(cc12)sc1ccccc13. The van der Waals surface area contributed by atoms with Crippen molar-refractivity contribution in [1.29, 1.82) is 0 Å². The molecule has 2 heterocycles. The molecule has 0 saturated heterocycles. The molecule has 0 N–H and O–H groups in total. The maximum absolute atomic E-state index is 4.76. The fourth-order valence-corrected chi connectivity index (χ4v) is 4.12. The number of hydrogen-bond donors (Lipinski definition) is 0. The summed E-state index contributed by atoms with van der Waals surface area (Å²) in [7, 11) is 0. The molecule has 0 amide bonds. The van der Waals surface area contributed by atoms with E-state index in [0.717, 1.165) is 11.0 Å². The minimum Gasteiger partial charge on any atom is -0.657 e. The van der Waals surface area contributed by atoms with Gasteiger partial charge >= 0.3 is 51.4 Å². The van der Waals surface area contributed by atoms with Crippen LogP contribution in [0.3, 0.4) is 0 Å². The van der Waals surface area contributed by atoms with Crippen LogP contribution in [0.5, 0.6) is 0 Å². The Kier molecular flexibility index (Phi) is 3.45. The molecule has 0 unspecified atom stereocenters. The number of benzene rings is 3. The van der Waals surface area contributed by atoms with Crippen LogP contribution in [0.1, 0.15) is 0 Å². The van der Waals surface area contributed by atoms with Crippen molar-refractivity contribution in [3.63, 3.8) is 0 Å². The van der Waals surface area contributed by atoms with Crippen molar-refractivity contribution >= 4 is 53.3 Å². The maximum Gasteiger partial charge on any atom is 1.00 e. The Morgan fingerprint density at radius 2 is 1.38 bits per heavy atom. The molecular formula is C18H10KNS. The van der Waals surface area contributed by atoms with Crippen LogP contribution in [0.2, 0.25) is 0 Å². The largest absolute Gasteiger partial charge is 1.00 e. The molecule has 3 aromatic carbocycles. The first-order valence-corrected chi connectivity index (χ1v) is 7.48. The zero-order chi connectivity index (χ0) is 13.1. The van der Waals surface area contributed by atoms with Crippen molar-refractivity contribution in [3.05, 3.63) is 60.7 Å². The summed E-state index contributed by atoms with van der Waals surface area (Å²) in [4.78, 5) is 4.76. The summed E-state index contributed by atoms with van der Waals surface area (Å²) in [5, 5.41) is 5.17. The predicted molar refractivity (Wildman–Crippen MR) is 87.7 cm³/mol. The van der Waals surface area contributed by atoms with Crippen LogP contribution in [0.25, 0.3) is 42.0 Å². The Morgan fingerprint density at radius 3 is 2.29 bits per heavy atom. The molecule has 5 rings (SSSR count). The van der Waals surface area contributed by atoms with Crippen LogP contribution in [-0.2, 0) is 0 Å². The third-order valence-electron chi connectivity index (χ3n) is 3.93. The molecule has 3 heteroatoms. The predicted octanol–water partition coefficient (Wildman–Crippen LogP) is 2.32. The van der Waals surface area contributed by atoms with Gasteiger partial charge in [0.15, 0.2) is 0 Å². The molecule has 21 heavy (non-hydrogen) atoms. The van der Waals surface area contributed by atoms with Crippen LogP contribution in [0.4, 0.5) is 0 Å². The second kappa shape index (κ2) is 5.20. The van der Waals surface area contributed by atoms with E-state index in [1.54, 1.807) is 0 Å². The quantitative estimate of drug-likeness (QED) is 0.400. The Balaban J connectivity index is 0.00000115. The molecule has 0 aliphatic rings. The number of thiophene rings is 1. The first kappa shape index (κ1) is 13.9. The molecular weight excluding hydrogens is 301 g/mol. The van der Waals surface area contributed by atoms with E-state index in [-0.39, 0.29) is 51.4 Å². The number of nitrogens with zero attached hydrogens (tertiary/aromatic N) is 1. The summed E-state index contributed by atoms with van der Waals surface area (Å²) in [6.45, 7) is 0. The molecule has 0 saturated carbocycles. The van der Waals surface area contributed by atoms with E-state index in [1.165, 1.54) is 30.9 Å². The van der Waals surface area contributed by atoms with Crippen molar-refractivity contribution in [2.45, 2.75) is 0 Å². The molecule has 94 valence electrons. The molecule has 0 aliphatic carbocycles. The zero-order valence-corrected chi connectivity index (χ0v) is 15.6. The van der Waals surface area contributed by atoms with E-state index in [1.807, 2.05) is 17.4 Å². The number of para-hydroxylation sites is 1. The van der Waals surface area contributed by atoms with Crippen molar-refractivity contribution in [3.8, 4) is 0 Å². The van der Waals surface area contributed by atoms with Gasteiger partial charge in [-0.05, 0) is 28.3 Å². The summed E-state index contributed by atoms with van der Waals surface area (Å²) >= 11 is 1.86. The van der Waals surface area contributed by atoms with Gasteiger partial charge in [-0.1, -0.05) is 48.5 Å². The second-order valence-corrected chi connectivity index (χ2v) is 6.18. The fourth-order valence-electron chi connectivity index (χ4n) is 3.00. The average molecular weight is 311 g/mol. The minimum atomic E-state index is 0. The van der Waals surface area contributed by atoms with Gasteiger partial charge in [0.05, 0.1) is 0 Å². The van der Waals surface area contributed by atoms with Crippen molar-refractivity contribution in [1.82, 2.24) is 4.98 Å². The molecule has 1 nitrogen and oxygen atoms in total. The normalized spacial score (nSPS) is 11.4. The Morgan fingerprint density at radius 1 is 0.619 bits per heavy atom. The van der Waals surface area contributed by atoms with Gasteiger partial charge in [0, 0.05) is 14.8 Å². The summed E-state index contributed by atoms with van der Waals surface area (Å²) in [5.74, 6) is 0. The molecule has 0 aliphatic heterocycles. The van der Waals surface area contributed by atoms with Gasteiger partial charge in [-0.25, -0.2) is 0 Å². The fraction of sp³-hybridized carbons (Fsp3) is 0. The third kappa shape index (κ3) is 2.04. The summed E-state index contributed by atoms with van der Waals surface area (Å²) < 4.78 is 2.69. The first-order valence-electron chi connectivity index (χ1n) is 6.66. The van der Waals surface area contributed by atoms with E-state index < -0.39 is 0 Å². The first-order chi connectivity index (χ1) is 9.90. The number of aromatic nitrogens is 1. The van der Waals surface area contributed by atoms with E-state index in [2.05, 4.69) is 54.6 Å². The van der Waals surface area contributed by atoms with E-state index in [4.69, 9.17) is 4.98 Å². The molecule has 0 spiro atoms. The standard InChI is InChI=1S/C18H10NS.K/c1-3-7-15-11(5-1)13-10-18-14(9-16(13)19-15)12-6-2-4-8-17(12)20-18;/h1-10H;/q-1;+1. The zero-order valence-electron chi connectivity index (χ0n) is 11.6. The van der Waals surface area contributed by atoms with Gasteiger partial charge in [-0.2, -0.15) is 0 Å². The molecule has 5 aromatic rings. The number of fused-ring (bicyclic) bond motifs is 6. The molecule has 0 bridgehead atoms. The number of hydrogen-bond acceptors (Lipinski definition) is 1. The van der Waals surface area contributed by atoms with Crippen LogP contribution < -0.4 is 56.4 Å². The Hall–Kier alpha value is -0.684. The van der Waals surface area contributed by atoms with Crippen LogP contribution in [0.15, 0.2) is 60.7 Å². The van der Waals surface area contributed by atoms with Crippen LogP contribution in [-0.4, -0.2) is 0 Å². The minimum absolute atomic E-state index is 0. The van der Waals surface area contributed by atoms with Gasteiger partial charge in [0.1, 0.15) is 0 Å². The van der Waals surface area contributed by atoms with Gasteiger partial charge in [-0.3, -0.25) is 0 Å². The average Bonchev–Trinajstić information content (AvgIpc) is 3.02. The molecule has 0 atom stereocenters. The monoisotopic (exact) mass is 311 g/mol. The third-order valence-corrected chi connectivity index (χ3v) is 5.06. The maximum atomic E-state index is 4.76. The summed E-state index contributed by atoms with van der Waals surface area (Å²) in [6, 6.07) is 21.5. The molecule has 0 fully saturated rings.